The second-order valence-electron chi connectivity index (χ2n) is 4.16. The van der Waals surface area contributed by atoms with Gasteiger partial charge in [-0.05, 0) is 6.07 Å². The molecule has 0 aromatic carbocycles. The van der Waals surface area contributed by atoms with Gasteiger partial charge in [0.2, 0.25) is 0 Å². The fraction of sp³-hybridized carbons (Fsp3) is 0.500. The van der Waals surface area contributed by atoms with Gasteiger partial charge in [0.05, 0.1) is 6.61 Å². The summed E-state index contributed by atoms with van der Waals surface area (Å²) in [6.07, 6.45) is -5.18. The van der Waals surface area contributed by atoms with Crippen molar-refractivity contribution in [2.24, 2.45) is 0 Å². The normalized spacial score (nSPS) is 29.4. The van der Waals surface area contributed by atoms with E-state index in [1.165, 1.54) is 12.3 Å². The van der Waals surface area contributed by atoms with Gasteiger partial charge in [0.1, 0.15) is 24.1 Å². The molecule has 2 rings (SSSR count). The first kappa shape index (κ1) is 14.4. The summed E-state index contributed by atoms with van der Waals surface area (Å²) in [5.74, 6) is -0.175. The van der Waals surface area contributed by atoms with Crippen molar-refractivity contribution in [1.82, 2.24) is 9.55 Å². The molecule has 0 bridgehead atoms. The van der Waals surface area contributed by atoms with Gasteiger partial charge in [-0.3, -0.25) is 9.88 Å². The highest BCUT2D eigenvalue weighted by atomic mass is 16.6. The maximum Gasteiger partial charge on any atom is 0.410 e. The zero-order chi connectivity index (χ0) is 14.9. The molecule has 20 heavy (non-hydrogen) atoms. The van der Waals surface area contributed by atoms with Crippen molar-refractivity contribution >= 4 is 11.9 Å². The minimum atomic E-state index is -1.41. The maximum atomic E-state index is 11.7. The van der Waals surface area contributed by atoms with Crippen molar-refractivity contribution in [3.8, 4) is 0 Å². The zero-order valence-electron chi connectivity index (χ0n) is 10.1. The number of nitrogens with one attached hydrogen (secondary N) is 1. The topological polar surface area (TPSA) is 154 Å². The average molecular weight is 287 g/mol. The van der Waals surface area contributed by atoms with Crippen LogP contribution in [0.4, 0.5) is 10.6 Å². The number of hydrogen-bond donors (Lipinski definition) is 5. The largest absolute Gasteiger partial charge is 0.465 e. The van der Waals surface area contributed by atoms with Gasteiger partial charge in [-0.2, -0.15) is 4.98 Å². The Kier molecular flexibility index (Phi) is 3.99. The van der Waals surface area contributed by atoms with E-state index in [2.05, 4.69) is 4.98 Å². The standard InChI is InChI=1S/C10H13N3O7/c14-3-4-6(15)7(16)8(20-4)13-2-1-5(11-9(13)17)12-10(18)19/h1-2,4,6-8,14-16H,3H2,(H,18,19)(H,11,12,17). The van der Waals surface area contributed by atoms with Crippen molar-refractivity contribution in [3.05, 3.63) is 22.7 Å². The Labute approximate surface area is 111 Å². The molecule has 1 aliphatic heterocycles. The molecule has 1 fully saturated rings. The molecular weight excluding hydrogens is 274 g/mol. The van der Waals surface area contributed by atoms with Gasteiger partial charge in [0, 0.05) is 6.20 Å². The first-order valence-electron chi connectivity index (χ1n) is 5.65. The fourth-order valence-corrected chi connectivity index (χ4v) is 1.90. The lowest BCUT2D eigenvalue weighted by Crippen LogP contribution is -2.36. The van der Waals surface area contributed by atoms with E-state index in [1.54, 1.807) is 0 Å². The van der Waals surface area contributed by atoms with Crippen LogP contribution in [0.1, 0.15) is 6.23 Å². The van der Waals surface area contributed by atoms with E-state index in [1.807, 2.05) is 5.32 Å². The van der Waals surface area contributed by atoms with Crippen LogP contribution in [-0.4, -0.2) is 61.0 Å². The molecule has 4 unspecified atom stereocenters. The van der Waals surface area contributed by atoms with Crippen molar-refractivity contribution in [2.45, 2.75) is 24.5 Å². The van der Waals surface area contributed by atoms with E-state index in [4.69, 9.17) is 14.9 Å². The summed E-state index contributed by atoms with van der Waals surface area (Å²) in [4.78, 5) is 25.6. The second kappa shape index (κ2) is 5.54. The van der Waals surface area contributed by atoms with Crippen LogP contribution in [0.15, 0.2) is 17.1 Å². The van der Waals surface area contributed by atoms with E-state index >= 15 is 0 Å². The first-order chi connectivity index (χ1) is 9.43. The number of anilines is 1. The van der Waals surface area contributed by atoms with Crippen molar-refractivity contribution in [2.75, 3.05) is 11.9 Å². The molecule has 0 spiro atoms. The van der Waals surface area contributed by atoms with Crippen LogP contribution < -0.4 is 11.0 Å². The highest BCUT2D eigenvalue weighted by Gasteiger charge is 2.43. The van der Waals surface area contributed by atoms with E-state index in [-0.39, 0.29) is 5.82 Å². The summed E-state index contributed by atoms with van der Waals surface area (Å²) in [5.41, 5.74) is -0.869. The number of carbonyl (C=O) groups is 1. The fourth-order valence-electron chi connectivity index (χ4n) is 1.90. The number of hydrogen-bond acceptors (Lipinski definition) is 7. The van der Waals surface area contributed by atoms with Gasteiger partial charge in [0.15, 0.2) is 6.23 Å². The van der Waals surface area contributed by atoms with Crippen LogP contribution >= 0.6 is 0 Å². The molecule has 110 valence electrons. The highest BCUT2D eigenvalue weighted by Crippen LogP contribution is 2.27. The average Bonchev–Trinajstić information content (AvgIpc) is 2.66. The van der Waals surface area contributed by atoms with Gasteiger partial charge in [-0.1, -0.05) is 0 Å². The molecule has 1 aromatic rings. The molecular formula is C10H13N3O7. The van der Waals surface area contributed by atoms with Gasteiger partial charge < -0.3 is 25.2 Å². The second-order valence-corrected chi connectivity index (χ2v) is 4.16. The van der Waals surface area contributed by atoms with Crippen molar-refractivity contribution < 1.29 is 30.0 Å². The molecule has 10 heteroatoms. The predicted octanol–water partition coefficient (Wildman–Crippen LogP) is -2.06. The Morgan fingerprint density at radius 3 is 2.65 bits per heavy atom. The number of aromatic nitrogens is 2. The van der Waals surface area contributed by atoms with Crippen LogP contribution in [0, 0.1) is 0 Å². The molecule has 0 radical (unpaired) electrons. The van der Waals surface area contributed by atoms with E-state index in [0.29, 0.717) is 0 Å². The van der Waals surface area contributed by atoms with Gasteiger partial charge in [0.25, 0.3) is 0 Å². The van der Waals surface area contributed by atoms with Crippen LogP contribution in [0.3, 0.4) is 0 Å². The van der Waals surface area contributed by atoms with E-state index < -0.39 is 42.9 Å². The third kappa shape index (κ3) is 2.63. The smallest absolute Gasteiger partial charge is 0.410 e. The number of ether oxygens (including phenoxy) is 1. The molecule has 2 heterocycles. The quantitative estimate of drug-likeness (QED) is 0.425. The Hall–Kier alpha value is -2.01. The van der Waals surface area contributed by atoms with Crippen LogP contribution in [-0.2, 0) is 4.74 Å². The molecule has 5 N–H and O–H groups in total. The Balaban J connectivity index is 2.26. The summed E-state index contributed by atoms with van der Waals surface area (Å²) >= 11 is 0. The molecule has 10 nitrogen and oxygen atoms in total. The van der Waals surface area contributed by atoms with Gasteiger partial charge in [-0.15, -0.1) is 0 Å². The summed E-state index contributed by atoms with van der Waals surface area (Å²) in [6.45, 7) is -0.518. The molecule has 1 aliphatic rings. The highest BCUT2D eigenvalue weighted by molar-refractivity contribution is 5.81. The Morgan fingerprint density at radius 1 is 1.45 bits per heavy atom. The summed E-state index contributed by atoms with van der Waals surface area (Å²) in [7, 11) is 0. The van der Waals surface area contributed by atoms with Crippen LogP contribution in [0.5, 0.6) is 0 Å². The number of aliphatic hydroxyl groups excluding tert-OH is 3. The molecule has 1 amide bonds. The van der Waals surface area contributed by atoms with Gasteiger partial charge >= 0.3 is 11.8 Å². The lowest BCUT2D eigenvalue weighted by molar-refractivity contribution is -0.0549. The maximum absolute atomic E-state index is 11.7. The minimum Gasteiger partial charge on any atom is -0.465 e. The van der Waals surface area contributed by atoms with Crippen LogP contribution in [0.25, 0.3) is 0 Å². The zero-order valence-corrected chi connectivity index (χ0v) is 10.1. The number of nitrogens with zero attached hydrogens (tertiary/aromatic N) is 2. The monoisotopic (exact) mass is 287 g/mol. The summed E-state index contributed by atoms with van der Waals surface area (Å²) in [5, 5.41) is 38.7. The molecule has 0 aliphatic carbocycles. The third-order valence-corrected chi connectivity index (χ3v) is 2.86. The van der Waals surface area contributed by atoms with Crippen LogP contribution in [0.2, 0.25) is 0 Å². The predicted molar refractivity (Wildman–Crippen MR) is 63.2 cm³/mol. The number of rotatable bonds is 3. The molecule has 0 saturated carbocycles. The molecule has 1 saturated heterocycles. The van der Waals surface area contributed by atoms with Gasteiger partial charge in [-0.25, -0.2) is 9.59 Å². The first-order valence-corrected chi connectivity index (χ1v) is 5.65. The van der Waals surface area contributed by atoms with Crippen molar-refractivity contribution in [3.63, 3.8) is 0 Å². The Morgan fingerprint density at radius 2 is 2.15 bits per heavy atom. The number of amides is 1. The summed E-state index contributed by atoms with van der Waals surface area (Å²) in [6, 6.07) is 1.20. The number of aliphatic hydroxyl groups is 3. The molecule has 1 aromatic heterocycles. The minimum absolute atomic E-state index is 0.175. The lowest BCUT2D eigenvalue weighted by Gasteiger charge is -2.17. The van der Waals surface area contributed by atoms with E-state index in [9.17, 15) is 19.8 Å². The Bertz CT molecular complexity index is 560. The molecule has 4 atom stereocenters. The lowest BCUT2D eigenvalue weighted by atomic mass is 10.1. The number of carboxylic acid groups (broad SMARTS) is 1. The summed E-state index contributed by atoms with van der Waals surface area (Å²) < 4.78 is 6.06. The van der Waals surface area contributed by atoms with E-state index in [0.717, 1.165) is 4.57 Å². The third-order valence-electron chi connectivity index (χ3n) is 2.86. The van der Waals surface area contributed by atoms with Crippen molar-refractivity contribution in [1.29, 1.82) is 0 Å². The SMILES string of the molecule is O=C(O)Nc1ccn(C2OC(CO)C(O)C2O)c(=O)n1.